The summed E-state index contributed by atoms with van der Waals surface area (Å²) in [6.45, 7) is 0.504. The van der Waals surface area contributed by atoms with Crippen molar-refractivity contribution in [1.82, 2.24) is 0 Å². The minimum Gasteiger partial charge on any atom is -0.504 e. The van der Waals surface area contributed by atoms with E-state index in [9.17, 15) is 5.11 Å². The van der Waals surface area contributed by atoms with Crippen LogP contribution in [0.2, 0.25) is 0 Å². The average Bonchev–Trinajstić information content (AvgIpc) is 2.47. The van der Waals surface area contributed by atoms with Gasteiger partial charge in [0, 0.05) is 5.92 Å². The quantitative estimate of drug-likeness (QED) is 0.888. The predicted molar refractivity (Wildman–Crippen MR) is 70.3 cm³/mol. The van der Waals surface area contributed by atoms with Gasteiger partial charge in [-0.15, -0.1) is 0 Å². The lowest BCUT2D eigenvalue weighted by Gasteiger charge is -2.31. The zero-order valence-electron chi connectivity index (χ0n) is 10.7. The summed E-state index contributed by atoms with van der Waals surface area (Å²) in [7, 11) is 1.55. The molecule has 4 heteroatoms. The first kappa shape index (κ1) is 12.0. The maximum Gasteiger partial charge on any atom is 0.161 e. The molecule has 100 valence electrons. The molecule has 2 atom stereocenters. The molecule has 0 saturated carbocycles. The van der Waals surface area contributed by atoms with Gasteiger partial charge in [-0.25, -0.2) is 0 Å². The number of benzene rings is 1. The highest BCUT2D eigenvalue weighted by Crippen LogP contribution is 2.35. The first-order valence-corrected chi connectivity index (χ1v) is 6.31. The number of hydrogen-bond donors (Lipinski definition) is 1. The Kier molecular flexibility index (Phi) is 3.07. The van der Waals surface area contributed by atoms with Gasteiger partial charge < -0.3 is 19.3 Å². The molecular formula is C15H16O4. The van der Waals surface area contributed by atoms with Crippen molar-refractivity contribution in [2.24, 2.45) is 5.92 Å². The van der Waals surface area contributed by atoms with Crippen LogP contribution in [0.4, 0.5) is 0 Å². The summed E-state index contributed by atoms with van der Waals surface area (Å²) in [5.41, 5.74) is 0. The molecule has 0 saturated heterocycles. The molecule has 0 radical (unpaired) electrons. The van der Waals surface area contributed by atoms with E-state index in [0.717, 1.165) is 17.9 Å². The predicted octanol–water partition coefficient (Wildman–Crippen LogP) is 2.82. The first-order chi connectivity index (χ1) is 9.28. The molecule has 1 aliphatic carbocycles. The van der Waals surface area contributed by atoms with Crippen molar-refractivity contribution in [3.05, 3.63) is 47.9 Å². The number of methoxy groups -OCH3 is 1. The van der Waals surface area contributed by atoms with Crippen molar-refractivity contribution in [3.63, 3.8) is 0 Å². The van der Waals surface area contributed by atoms with Gasteiger partial charge in [-0.2, -0.15) is 0 Å². The summed E-state index contributed by atoms with van der Waals surface area (Å²) in [4.78, 5) is 0. The molecule has 1 aromatic rings. The number of aliphatic hydroxyl groups excluding tert-OH is 1. The summed E-state index contributed by atoms with van der Waals surface area (Å²) in [5.74, 6) is 2.38. The van der Waals surface area contributed by atoms with Crippen molar-refractivity contribution < 1.29 is 19.3 Å². The van der Waals surface area contributed by atoms with E-state index < -0.39 is 0 Å². The summed E-state index contributed by atoms with van der Waals surface area (Å²) in [5, 5.41) is 9.64. The van der Waals surface area contributed by atoms with E-state index in [1.54, 1.807) is 13.2 Å². The highest BCUT2D eigenvalue weighted by atomic mass is 16.6. The maximum absolute atomic E-state index is 9.64. The minimum atomic E-state index is -0.0654. The molecule has 1 aliphatic heterocycles. The number of hydrogen-bond acceptors (Lipinski definition) is 4. The number of fused-ring (bicyclic) bond motifs is 1. The molecular weight excluding hydrogens is 244 g/mol. The van der Waals surface area contributed by atoms with Crippen LogP contribution in [0.3, 0.4) is 0 Å². The second-order valence-corrected chi connectivity index (χ2v) is 4.64. The van der Waals surface area contributed by atoms with Crippen LogP contribution in [0.5, 0.6) is 11.5 Å². The monoisotopic (exact) mass is 260 g/mol. The molecule has 1 N–H and O–H groups in total. The largest absolute Gasteiger partial charge is 0.504 e. The van der Waals surface area contributed by atoms with Crippen molar-refractivity contribution in [3.8, 4) is 11.5 Å². The van der Waals surface area contributed by atoms with Gasteiger partial charge in [0.2, 0.25) is 0 Å². The number of rotatable bonds is 2. The normalized spacial score (nSPS) is 25.3. The second-order valence-electron chi connectivity index (χ2n) is 4.64. The van der Waals surface area contributed by atoms with Crippen molar-refractivity contribution >= 4 is 0 Å². The number of allylic oxidation sites excluding steroid dienone is 1. The standard InChI is InChI=1S/C15H16O4/c1-17-14-8-10(6-7-11(14)16)15-9-18-12-4-2-3-5-13(12)19-15/h2-5,7-8,10,15-16H,6,9H2,1H3/t10?,15-/m0/s1. The zero-order chi connectivity index (χ0) is 13.2. The molecule has 0 aromatic heterocycles. The lowest BCUT2D eigenvalue weighted by molar-refractivity contribution is 0.0599. The van der Waals surface area contributed by atoms with Crippen molar-refractivity contribution in [1.29, 1.82) is 0 Å². The van der Waals surface area contributed by atoms with Gasteiger partial charge in [0.05, 0.1) is 7.11 Å². The molecule has 19 heavy (non-hydrogen) atoms. The van der Waals surface area contributed by atoms with E-state index in [2.05, 4.69) is 0 Å². The third-order valence-corrected chi connectivity index (χ3v) is 3.43. The van der Waals surface area contributed by atoms with E-state index in [4.69, 9.17) is 14.2 Å². The van der Waals surface area contributed by atoms with Gasteiger partial charge >= 0.3 is 0 Å². The van der Waals surface area contributed by atoms with Crippen LogP contribution in [0.25, 0.3) is 0 Å². The van der Waals surface area contributed by atoms with E-state index in [-0.39, 0.29) is 17.8 Å². The SMILES string of the molecule is COC1=CC([C@@H]2COc3ccccc3O2)CC=C1O. The van der Waals surface area contributed by atoms with Crippen LogP contribution >= 0.6 is 0 Å². The van der Waals surface area contributed by atoms with Crippen LogP contribution < -0.4 is 9.47 Å². The van der Waals surface area contributed by atoms with Gasteiger partial charge in [-0.3, -0.25) is 0 Å². The number of para-hydroxylation sites is 2. The average molecular weight is 260 g/mol. The van der Waals surface area contributed by atoms with Crippen molar-refractivity contribution in [2.75, 3.05) is 13.7 Å². The third kappa shape index (κ3) is 2.26. The molecule has 4 nitrogen and oxygen atoms in total. The van der Waals surface area contributed by atoms with Gasteiger partial charge in [0.1, 0.15) is 12.7 Å². The Balaban J connectivity index is 1.77. The molecule has 3 rings (SSSR count). The Morgan fingerprint density at radius 1 is 1.26 bits per heavy atom. The summed E-state index contributed by atoms with van der Waals surface area (Å²) in [6.07, 6.45) is 4.31. The minimum absolute atomic E-state index is 0.0654. The smallest absolute Gasteiger partial charge is 0.161 e. The fraction of sp³-hybridized carbons (Fsp3) is 0.333. The maximum atomic E-state index is 9.64. The summed E-state index contributed by atoms with van der Waals surface area (Å²) < 4.78 is 16.8. The van der Waals surface area contributed by atoms with E-state index in [1.807, 2.05) is 30.3 Å². The molecule has 1 unspecified atom stereocenters. The summed E-state index contributed by atoms with van der Waals surface area (Å²) >= 11 is 0. The first-order valence-electron chi connectivity index (χ1n) is 6.31. The van der Waals surface area contributed by atoms with Crippen LogP contribution in [-0.4, -0.2) is 24.9 Å². The number of ether oxygens (including phenoxy) is 3. The topological polar surface area (TPSA) is 47.9 Å². The summed E-state index contributed by atoms with van der Waals surface area (Å²) in [6, 6.07) is 7.65. The van der Waals surface area contributed by atoms with Gasteiger partial charge in [0.25, 0.3) is 0 Å². The van der Waals surface area contributed by atoms with Gasteiger partial charge in [-0.05, 0) is 30.7 Å². The lowest BCUT2D eigenvalue weighted by Crippen LogP contribution is -2.36. The number of aliphatic hydroxyl groups is 1. The fourth-order valence-electron chi connectivity index (χ4n) is 2.37. The van der Waals surface area contributed by atoms with Crippen molar-refractivity contribution in [2.45, 2.75) is 12.5 Å². The Hall–Kier alpha value is -2.10. The van der Waals surface area contributed by atoms with Crippen LogP contribution in [0.15, 0.2) is 47.9 Å². The second kappa shape index (κ2) is 4.88. The highest BCUT2D eigenvalue weighted by molar-refractivity contribution is 5.41. The van der Waals surface area contributed by atoms with E-state index >= 15 is 0 Å². The molecule has 0 bridgehead atoms. The van der Waals surface area contributed by atoms with E-state index in [1.165, 1.54) is 0 Å². The van der Waals surface area contributed by atoms with Crippen LogP contribution in [-0.2, 0) is 4.74 Å². The van der Waals surface area contributed by atoms with Crippen LogP contribution in [0, 0.1) is 5.92 Å². The molecule has 0 spiro atoms. The molecule has 1 heterocycles. The fourth-order valence-corrected chi connectivity index (χ4v) is 2.37. The Labute approximate surface area is 111 Å². The third-order valence-electron chi connectivity index (χ3n) is 3.43. The molecule has 2 aliphatic rings. The molecule has 1 aromatic carbocycles. The molecule has 0 amide bonds. The van der Waals surface area contributed by atoms with E-state index in [0.29, 0.717) is 12.4 Å². The highest BCUT2D eigenvalue weighted by Gasteiger charge is 2.29. The van der Waals surface area contributed by atoms with Gasteiger partial charge in [-0.1, -0.05) is 12.1 Å². The Bertz CT molecular complexity index is 533. The lowest BCUT2D eigenvalue weighted by atomic mass is 9.93. The van der Waals surface area contributed by atoms with Crippen LogP contribution in [0.1, 0.15) is 6.42 Å². The zero-order valence-corrected chi connectivity index (χ0v) is 10.7. The van der Waals surface area contributed by atoms with Gasteiger partial charge in [0.15, 0.2) is 23.0 Å². The Morgan fingerprint density at radius 2 is 2.05 bits per heavy atom. The molecule has 0 fully saturated rings. The Morgan fingerprint density at radius 3 is 2.84 bits per heavy atom.